The van der Waals surface area contributed by atoms with E-state index in [9.17, 15) is 0 Å². The summed E-state index contributed by atoms with van der Waals surface area (Å²) in [7, 11) is 4.10. The van der Waals surface area contributed by atoms with Gasteiger partial charge in [-0.15, -0.1) is 0 Å². The molecule has 0 aliphatic carbocycles. The van der Waals surface area contributed by atoms with Crippen molar-refractivity contribution in [2.75, 3.05) is 19.0 Å². The molecule has 3 aromatic rings. The van der Waals surface area contributed by atoms with E-state index >= 15 is 0 Å². The summed E-state index contributed by atoms with van der Waals surface area (Å²) < 4.78 is 5.98. The highest BCUT2D eigenvalue weighted by Crippen LogP contribution is 2.19. The molecule has 0 fully saturated rings. The SMILES string of the molecule is CN(C)c1ccc(CNCc2ccccc2OCc2cccnc2)cc1. The summed E-state index contributed by atoms with van der Waals surface area (Å²) in [5.41, 5.74) is 4.70. The highest BCUT2D eigenvalue weighted by Gasteiger charge is 2.04. The first-order valence-electron chi connectivity index (χ1n) is 8.79. The molecule has 4 nitrogen and oxygen atoms in total. The minimum absolute atomic E-state index is 0.525. The molecule has 0 saturated carbocycles. The van der Waals surface area contributed by atoms with Crippen LogP contribution < -0.4 is 15.0 Å². The molecule has 4 heteroatoms. The Morgan fingerprint density at radius 3 is 2.42 bits per heavy atom. The van der Waals surface area contributed by atoms with Crippen molar-refractivity contribution in [3.8, 4) is 5.75 Å². The number of ether oxygens (including phenoxy) is 1. The van der Waals surface area contributed by atoms with Gasteiger partial charge in [0.05, 0.1) is 0 Å². The Balaban J connectivity index is 1.54. The van der Waals surface area contributed by atoms with Crippen LogP contribution in [0.5, 0.6) is 5.75 Å². The smallest absolute Gasteiger partial charge is 0.124 e. The van der Waals surface area contributed by atoms with E-state index in [2.05, 4.69) is 59.6 Å². The molecule has 1 aromatic heterocycles. The lowest BCUT2D eigenvalue weighted by Gasteiger charge is -2.14. The number of rotatable bonds is 8. The van der Waals surface area contributed by atoms with Gasteiger partial charge in [-0.05, 0) is 29.8 Å². The van der Waals surface area contributed by atoms with Gasteiger partial charge in [0.2, 0.25) is 0 Å². The molecule has 0 amide bonds. The highest BCUT2D eigenvalue weighted by atomic mass is 16.5. The summed E-state index contributed by atoms with van der Waals surface area (Å²) in [4.78, 5) is 6.23. The second-order valence-electron chi connectivity index (χ2n) is 6.42. The van der Waals surface area contributed by atoms with Crippen molar-refractivity contribution in [2.45, 2.75) is 19.7 Å². The van der Waals surface area contributed by atoms with Crippen LogP contribution in [0.25, 0.3) is 0 Å². The summed E-state index contributed by atoms with van der Waals surface area (Å²) in [5, 5.41) is 3.50. The normalized spacial score (nSPS) is 10.5. The van der Waals surface area contributed by atoms with E-state index in [1.165, 1.54) is 11.3 Å². The second-order valence-corrected chi connectivity index (χ2v) is 6.42. The lowest BCUT2D eigenvalue weighted by Crippen LogP contribution is -2.14. The molecular weight excluding hydrogens is 322 g/mol. The third kappa shape index (κ3) is 5.07. The fourth-order valence-electron chi connectivity index (χ4n) is 2.69. The van der Waals surface area contributed by atoms with Crippen molar-refractivity contribution in [3.63, 3.8) is 0 Å². The third-order valence-corrected chi connectivity index (χ3v) is 4.19. The zero-order chi connectivity index (χ0) is 18.2. The Hall–Kier alpha value is -2.85. The van der Waals surface area contributed by atoms with Gasteiger partial charge in [-0.2, -0.15) is 0 Å². The number of aromatic nitrogens is 1. The Morgan fingerprint density at radius 2 is 1.69 bits per heavy atom. The Morgan fingerprint density at radius 1 is 0.885 bits per heavy atom. The minimum Gasteiger partial charge on any atom is -0.489 e. The van der Waals surface area contributed by atoms with E-state index in [1.807, 2.05) is 36.5 Å². The van der Waals surface area contributed by atoms with E-state index in [0.29, 0.717) is 6.61 Å². The van der Waals surface area contributed by atoms with E-state index in [-0.39, 0.29) is 0 Å². The molecule has 1 heterocycles. The first-order valence-corrected chi connectivity index (χ1v) is 8.79. The van der Waals surface area contributed by atoms with Gasteiger partial charge in [0.1, 0.15) is 12.4 Å². The van der Waals surface area contributed by atoms with Crippen LogP contribution in [-0.2, 0) is 19.7 Å². The number of nitrogens with one attached hydrogen (secondary N) is 1. The van der Waals surface area contributed by atoms with Gasteiger partial charge in [0.25, 0.3) is 0 Å². The van der Waals surface area contributed by atoms with Crippen molar-refractivity contribution < 1.29 is 4.74 Å². The van der Waals surface area contributed by atoms with Crippen LogP contribution in [0.1, 0.15) is 16.7 Å². The molecular formula is C22H25N3O. The van der Waals surface area contributed by atoms with Crippen LogP contribution in [0.4, 0.5) is 5.69 Å². The number of anilines is 1. The molecule has 0 saturated heterocycles. The van der Waals surface area contributed by atoms with Crippen molar-refractivity contribution in [1.82, 2.24) is 10.3 Å². The van der Waals surface area contributed by atoms with E-state index in [1.54, 1.807) is 6.20 Å². The van der Waals surface area contributed by atoms with Crippen LogP contribution >= 0.6 is 0 Å². The molecule has 0 aliphatic rings. The van der Waals surface area contributed by atoms with Gasteiger partial charge in [-0.25, -0.2) is 0 Å². The molecule has 134 valence electrons. The van der Waals surface area contributed by atoms with Crippen LogP contribution in [0.15, 0.2) is 73.1 Å². The maximum atomic E-state index is 5.98. The second kappa shape index (κ2) is 9.02. The topological polar surface area (TPSA) is 37.4 Å². The fraction of sp³-hybridized carbons (Fsp3) is 0.227. The monoisotopic (exact) mass is 347 g/mol. The standard InChI is InChI=1S/C22H25N3O/c1-25(2)21-11-9-18(10-12-21)14-24-16-20-7-3-4-8-22(20)26-17-19-6-5-13-23-15-19/h3-13,15,24H,14,16-17H2,1-2H3. The quantitative estimate of drug-likeness (QED) is 0.668. The van der Waals surface area contributed by atoms with Crippen molar-refractivity contribution in [2.24, 2.45) is 0 Å². The Labute approximate surface area is 155 Å². The predicted octanol–water partition coefficient (Wildman–Crippen LogP) is 4.02. The largest absolute Gasteiger partial charge is 0.489 e. The minimum atomic E-state index is 0.525. The Kier molecular flexibility index (Phi) is 6.23. The molecule has 0 aliphatic heterocycles. The van der Waals surface area contributed by atoms with Crippen LogP contribution in [0.3, 0.4) is 0 Å². The first kappa shape index (κ1) is 18.0. The summed E-state index contributed by atoms with van der Waals surface area (Å²) >= 11 is 0. The maximum absolute atomic E-state index is 5.98. The van der Waals surface area contributed by atoms with Crippen LogP contribution in [0.2, 0.25) is 0 Å². The van der Waals surface area contributed by atoms with Crippen molar-refractivity contribution in [1.29, 1.82) is 0 Å². The first-order chi connectivity index (χ1) is 12.7. The lowest BCUT2D eigenvalue weighted by molar-refractivity contribution is 0.301. The number of benzene rings is 2. The highest BCUT2D eigenvalue weighted by molar-refractivity contribution is 5.46. The average molecular weight is 347 g/mol. The number of hydrogen-bond donors (Lipinski definition) is 1. The Bertz CT molecular complexity index is 801. The van der Waals surface area contributed by atoms with Gasteiger partial charge in [-0.3, -0.25) is 4.98 Å². The van der Waals surface area contributed by atoms with Crippen LogP contribution in [0, 0.1) is 0 Å². The predicted molar refractivity (Wildman–Crippen MR) is 106 cm³/mol. The molecule has 0 unspecified atom stereocenters. The maximum Gasteiger partial charge on any atom is 0.124 e. The van der Waals surface area contributed by atoms with Gasteiger partial charge < -0.3 is 15.0 Å². The molecule has 3 rings (SSSR count). The van der Waals surface area contributed by atoms with E-state index in [0.717, 1.165) is 30.0 Å². The van der Waals surface area contributed by atoms with Gasteiger partial charge in [0, 0.05) is 56.4 Å². The molecule has 26 heavy (non-hydrogen) atoms. The zero-order valence-electron chi connectivity index (χ0n) is 15.4. The summed E-state index contributed by atoms with van der Waals surface area (Å²) in [6.45, 7) is 2.11. The summed E-state index contributed by atoms with van der Waals surface area (Å²) in [6.07, 6.45) is 3.60. The zero-order valence-corrected chi connectivity index (χ0v) is 15.4. The van der Waals surface area contributed by atoms with E-state index in [4.69, 9.17) is 4.74 Å². The molecule has 2 aromatic carbocycles. The number of pyridine rings is 1. The number of hydrogen-bond acceptors (Lipinski definition) is 4. The molecule has 1 N–H and O–H groups in total. The number of para-hydroxylation sites is 1. The summed E-state index contributed by atoms with van der Waals surface area (Å²) in [5.74, 6) is 0.909. The van der Waals surface area contributed by atoms with Crippen molar-refractivity contribution >= 4 is 5.69 Å². The fourth-order valence-corrected chi connectivity index (χ4v) is 2.69. The van der Waals surface area contributed by atoms with Crippen molar-refractivity contribution in [3.05, 3.63) is 89.7 Å². The van der Waals surface area contributed by atoms with Crippen LogP contribution in [-0.4, -0.2) is 19.1 Å². The van der Waals surface area contributed by atoms with Gasteiger partial charge in [0.15, 0.2) is 0 Å². The number of nitrogens with zero attached hydrogens (tertiary/aromatic N) is 2. The average Bonchev–Trinajstić information content (AvgIpc) is 2.68. The molecule has 0 bridgehead atoms. The molecule has 0 radical (unpaired) electrons. The third-order valence-electron chi connectivity index (χ3n) is 4.19. The summed E-state index contributed by atoms with van der Waals surface area (Å²) in [6, 6.07) is 20.7. The lowest BCUT2D eigenvalue weighted by atomic mass is 10.1. The van der Waals surface area contributed by atoms with E-state index < -0.39 is 0 Å². The molecule has 0 atom stereocenters. The van der Waals surface area contributed by atoms with Gasteiger partial charge in [-0.1, -0.05) is 36.4 Å². The molecule has 0 spiro atoms. The van der Waals surface area contributed by atoms with Gasteiger partial charge >= 0.3 is 0 Å².